The van der Waals surface area contributed by atoms with Crippen LogP contribution in [0.5, 0.6) is 0 Å². The molecule has 1 aromatic heterocycles. The van der Waals surface area contributed by atoms with Crippen LogP contribution in [0.15, 0.2) is 40.5 Å². The molecule has 0 bridgehead atoms. The van der Waals surface area contributed by atoms with Crippen molar-refractivity contribution in [3.8, 4) is 0 Å². The van der Waals surface area contributed by atoms with E-state index in [-0.39, 0.29) is 10.9 Å². The maximum absolute atomic E-state index is 10.9. The Balaban J connectivity index is 1.81. The molecular formula is C12H15N3OS. The van der Waals surface area contributed by atoms with Gasteiger partial charge in [0.1, 0.15) is 0 Å². The van der Waals surface area contributed by atoms with Crippen molar-refractivity contribution in [2.24, 2.45) is 5.73 Å². The molecular weight excluding hydrogens is 234 g/mol. The first-order valence-electron chi connectivity index (χ1n) is 5.43. The summed E-state index contributed by atoms with van der Waals surface area (Å²) in [5, 5.41) is 5.05. The molecule has 0 aliphatic heterocycles. The molecule has 0 radical (unpaired) electrons. The maximum Gasteiger partial charge on any atom is 0.304 e. The number of thiazole rings is 1. The van der Waals surface area contributed by atoms with Gasteiger partial charge in [-0.1, -0.05) is 41.7 Å². The molecule has 0 saturated heterocycles. The molecule has 0 amide bonds. The number of benzene rings is 1. The number of H-pyrrole nitrogens is 1. The van der Waals surface area contributed by atoms with E-state index in [4.69, 9.17) is 5.73 Å². The number of hydrogen-bond donors (Lipinski definition) is 3. The molecule has 0 aliphatic carbocycles. The van der Waals surface area contributed by atoms with Gasteiger partial charge in [0.2, 0.25) is 0 Å². The molecule has 1 heterocycles. The first-order chi connectivity index (χ1) is 8.25. The summed E-state index contributed by atoms with van der Waals surface area (Å²) < 4.78 is 0. The molecule has 0 aliphatic rings. The van der Waals surface area contributed by atoms with Crippen LogP contribution in [-0.2, 0) is 6.54 Å². The van der Waals surface area contributed by atoms with Gasteiger partial charge in [0, 0.05) is 30.2 Å². The molecule has 1 atom stereocenters. The molecule has 1 unspecified atom stereocenters. The highest BCUT2D eigenvalue weighted by molar-refractivity contribution is 7.07. The van der Waals surface area contributed by atoms with Crippen molar-refractivity contribution in [1.29, 1.82) is 0 Å². The largest absolute Gasteiger partial charge is 0.323 e. The smallest absolute Gasteiger partial charge is 0.304 e. The highest BCUT2D eigenvalue weighted by Crippen LogP contribution is 2.08. The third kappa shape index (κ3) is 3.52. The molecule has 0 saturated carbocycles. The summed E-state index contributed by atoms with van der Waals surface area (Å²) in [5.74, 6) is 0. The summed E-state index contributed by atoms with van der Waals surface area (Å²) in [7, 11) is 0. The van der Waals surface area contributed by atoms with E-state index in [1.807, 2.05) is 35.7 Å². The maximum atomic E-state index is 10.9. The van der Waals surface area contributed by atoms with Crippen LogP contribution in [0.4, 0.5) is 0 Å². The first kappa shape index (κ1) is 12.0. The minimum absolute atomic E-state index is 0.0193. The van der Waals surface area contributed by atoms with Crippen LogP contribution < -0.4 is 15.9 Å². The predicted molar refractivity (Wildman–Crippen MR) is 70.0 cm³/mol. The lowest BCUT2D eigenvalue weighted by Crippen LogP contribution is -2.26. The summed E-state index contributed by atoms with van der Waals surface area (Å²) in [5.41, 5.74) is 8.05. The summed E-state index contributed by atoms with van der Waals surface area (Å²) in [6, 6.07) is 9.93. The van der Waals surface area contributed by atoms with E-state index in [0.717, 1.165) is 11.3 Å². The van der Waals surface area contributed by atoms with Crippen molar-refractivity contribution in [2.75, 3.05) is 6.54 Å². The van der Waals surface area contributed by atoms with Crippen LogP contribution in [-0.4, -0.2) is 11.5 Å². The van der Waals surface area contributed by atoms with Crippen LogP contribution in [0.3, 0.4) is 0 Å². The predicted octanol–water partition coefficient (Wildman–Crippen LogP) is 1.23. The van der Waals surface area contributed by atoms with Gasteiger partial charge in [-0.3, -0.25) is 4.79 Å². The summed E-state index contributed by atoms with van der Waals surface area (Å²) in [4.78, 5) is 13.6. The monoisotopic (exact) mass is 249 g/mol. The van der Waals surface area contributed by atoms with E-state index < -0.39 is 0 Å². The third-order valence-corrected chi connectivity index (χ3v) is 3.20. The average Bonchev–Trinajstić information content (AvgIpc) is 2.76. The number of nitrogens with two attached hydrogens (primary N) is 1. The fourth-order valence-electron chi connectivity index (χ4n) is 1.58. The van der Waals surface area contributed by atoms with E-state index in [1.165, 1.54) is 11.3 Å². The Morgan fingerprint density at radius 2 is 2.12 bits per heavy atom. The zero-order chi connectivity index (χ0) is 12.1. The van der Waals surface area contributed by atoms with E-state index >= 15 is 0 Å². The van der Waals surface area contributed by atoms with Crippen molar-refractivity contribution < 1.29 is 0 Å². The molecule has 5 heteroatoms. The van der Waals surface area contributed by atoms with Gasteiger partial charge in [-0.25, -0.2) is 0 Å². The van der Waals surface area contributed by atoms with E-state index in [2.05, 4.69) is 10.3 Å². The average molecular weight is 249 g/mol. The minimum atomic E-state index is -0.0263. The SMILES string of the molecule is NC(CNCc1csc(=O)[nH]1)c1ccccc1. The van der Waals surface area contributed by atoms with Gasteiger partial charge in [0.15, 0.2) is 0 Å². The van der Waals surface area contributed by atoms with Crippen LogP contribution in [0, 0.1) is 0 Å². The second-order valence-electron chi connectivity index (χ2n) is 3.82. The molecule has 0 fully saturated rings. The lowest BCUT2D eigenvalue weighted by Gasteiger charge is -2.12. The Hall–Kier alpha value is -1.43. The van der Waals surface area contributed by atoms with Gasteiger partial charge < -0.3 is 16.0 Å². The Bertz CT molecular complexity index is 506. The van der Waals surface area contributed by atoms with Crippen LogP contribution in [0.2, 0.25) is 0 Å². The molecule has 90 valence electrons. The van der Waals surface area contributed by atoms with Crippen molar-refractivity contribution in [1.82, 2.24) is 10.3 Å². The Morgan fingerprint density at radius 1 is 1.35 bits per heavy atom. The van der Waals surface area contributed by atoms with E-state index in [1.54, 1.807) is 0 Å². The zero-order valence-electron chi connectivity index (χ0n) is 9.35. The summed E-state index contributed by atoms with van der Waals surface area (Å²) in [6.45, 7) is 1.32. The van der Waals surface area contributed by atoms with Gasteiger partial charge in [-0.2, -0.15) is 0 Å². The van der Waals surface area contributed by atoms with Crippen LogP contribution >= 0.6 is 11.3 Å². The summed E-state index contributed by atoms with van der Waals surface area (Å²) in [6.07, 6.45) is 0. The fraction of sp³-hybridized carbons (Fsp3) is 0.250. The molecule has 4 nitrogen and oxygen atoms in total. The zero-order valence-corrected chi connectivity index (χ0v) is 10.2. The van der Waals surface area contributed by atoms with Gasteiger partial charge in [-0.15, -0.1) is 0 Å². The van der Waals surface area contributed by atoms with Crippen molar-refractivity contribution in [3.05, 3.63) is 56.6 Å². The molecule has 17 heavy (non-hydrogen) atoms. The van der Waals surface area contributed by atoms with Crippen molar-refractivity contribution >= 4 is 11.3 Å². The number of nitrogens with one attached hydrogen (secondary N) is 2. The summed E-state index contributed by atoms with van der Waals surface area (Å²) >= 11 is 1.18. The normalized spacial score (nSPS) is 12.5. The number of aromatic nitrogens is 1. The minimum Gasteiger partial charge on any atom is -0.323 e. The second-order valence-corrected chi connectivity index (χ2v) is 4.66. The molecule has 2 aromatic rings. The van der Waals surface area contributed by atoms with Crippen molar-refractivity contribution in [2.45, 2.75) is 12.6 Å². The van der Waals surface area contributed by atoms with E-state index in [0.29, 0.717) is 13.1 Å². The van der Waals surface area contributed by atoms with Crippen LogP contribution in [0.25, 0.3) is 0 Å². The number of aromatic amines is 1. The topological polar surface area (TPSA) is 70.9 Å². The van der Waals surface area contributed by atoms with Crippen molar-refractivity contribution in [3.63, 3.8) is 0 Å². The van der Waals surface area contributed by atoms with Gasteiger partial charge in [0.25, 0.3) is 0 Å². The Kier molecular flexibility index (Phi) is 4.08. The van der Waals surface area contributed by atoms with Gasteiger partial charge in [0.05, 0.1) is 0 Å². The number of hydrogen-bond acceptors (Lipinski definition) is 4. The Morgan fingerprint density at radius 3 is 2.76 bits per heavy atom. The highest BCUT2D eigenvalue weighted by atomic mass is 32.1. The standard InChI is InChI=1S/C12H15N3OS/c13-11(9-4-2-1-3-5-9)7-14-6-10-8-17-12(16)15-10/h1-5,8,11,14H,6-7,13H2,(H,15,16). The fourth-order valence-corrected chi connectivity index (χ4v) is 2.16. The Labute approximate surface area is 103 Å². The van der Waals surface area contributed by atoms with E-state index in [9.17, 15) is 4.79 Å². The molecule has 1 aromatic carbocycles. The molecule has 0 spiro atoms. The third-order valence-electron chi connectivity index (χ3n) is 2.48. The second kappa shape index (κ2) is 5.77. The lowest BCUT2D eigenvalue weighted by atomic mass is 10.1. The lowest BCUT2D eigenvalue weighted by molar-refractivity contribution is 0.593. The van der Waals surface area contributed by atoms with Gasteiger partial charge >= 0.3 is 4.87 Å². The van der Waals surface area contributed by atoms with Gasteiger partial charge in [-0.05, 0) is 5.56 Å². The quantitative estimate of drug-likeness (QED) is 0.746. The molecule has 2 rings (SSSR count). The highest BCUT2D eigenvalue weighted by Gasteiger charge is 2.04. The number of rotatable bonds is 5. The molecule has 4 N–H and O–H groups in total. The first-order valence-corrected chi connectivity index (χ1v) is 6.31. The van der Waals surface area contributed by atoms with Crippen LogP contribution in [0.1, 0.15) is 17.3 Å².